The van der Waals surface area contributed by atoms with Crippen molar-refractivity contribution in [2.45, 2.75) is 26.2 Å². The first-order valence-electron chi connectivity index (χ1n) is 7.10. The number of nitrogens with one attached hydrogen (secondary N) is 2. The molecule has 1 fully saturated rings. The Morgan fingerprint density at radius 3 is 3.05 bits per heavy atom. The highest BCUT2D eigenvalue weighted by Gasteiger charge is 2.30. The second-order valence-electron chi connectivity index (χ2n) is 5.43. The van der Waals surface area contributed by atoms with Crippen LogP contribution in [0.25, 0.3) is 0 Å². The lowest BCUT2D eigenvalue weighted by atomic mass is 10.1. The lowest BCUT2D eigenvalue weighted by Gasteiger charge is -2.17. The van der Waals surface area contributed by atoms with E-state index in [1.807, 2.05) is 19.9 Å². The molecule has 2 aromatic heterocycles. The molecule has 1 atom stereocenters. The number of aryl methyl sites for hydroxylation is 2. The fourth-order valence-electron chi connectivity index (χ4n) is 2.53. The monoisotopic (exact) mass is 364 g/mol. The Hall–Kier alpha value is -1.96. The van der Waals surface area contributed by atoms with Crippen LogP contribution in [0, 0.1) is 13.8 Å². The molecule has 22 heavy (non-hydrogen) atoms. The third kappa shape index (κ3) is 3.11. The van der Waals surface area contributed by atoms with Gasteiger partial charge >= 0.3 is 6.03 Å². The standard InChI is InChI=1S/C14H17BrN6O/c1-8-12(5-11(15)6-16-8)18-14(22)21-4-3-10(7-21)13-17-9(2)19-20-13/h5-6,10H,3-4,7H2,1-2H3,(H,18,22)(H,17,19,20). The molecule has 7 nitrogen and oxygen atoms in total. The number of H-pyrrole nitrogens is 1. The summed E-state index contributed by atoms with van der Waals surface area (Å²) in [5.74, 6) is 1.78. The summed E-state index contributed by atoms with van der Waals surface area (Å²) in [6.45, 7) is 5.07. The zero-order valence-electron chi connectivity index (χ0n) is 12.4. The van der Waals surface area contributed by atoms with Gasteiger partial charge in [0.05, 0.1) is 11.4 Å². The highest BCUT2D eigenvalue weighted by molar-refractivity contribution is 9.10. The zero-order chi connectivity index (χ0) is 15.7. The Kier molecular flexibility index (Phi) is 4.10. The summed E-state index contributed by atoms with van der Waals surface area (Å²) in [6.07, 6.45) is 2.59. The normalized spacial score (nSPS) is 17.8. The van der Waals surface area contributed by atoms with Gasteiger partial charge in [-0.05, 0) is 42.3 Å². The Morgan fingerprint density at radius 2 is 2.32 bits per heavy atom. The van der Waals surface area contributed by atoms with Gasteiger partial charge in [0, 0.05) is 29.7 Å². The van der Waals surface area contributed by atoms with E-state index in [9.17, 15) is 4.79 Å². The number of nitrogens with zero attached hydrogens (tertiary/aromatic N) is 4. The minimum Gasteiger partial charge on any atom is -0.324 e. The second-order valence-corrected chi connectivity index (χ2v) is 6.34. The molecular weight excluding hydrogens is 348 g/mol. The molecule has 116 valence electrons. The summed E-state index contributed by atoms with van der Waals surface area (Å²) < 4.78 is 0.837. The van der Waals surface area contributed by atoms with Crippen LogP contribution in [0.15, 0.2) is 16.7 Å². The number of aromatic amines is 1. The molecule has 0 spiro atoms. The summed E-state index contributed by atoms with van der Waals surface area (Å²) in [5, 5.41) is 9.96. The van der Waals surface area contributed by atoms with Crippen LogP contribution in [0.5, 0.6) is 0 Å². The number of urea groups is 1. The Balaban J connectivity index is 1.65. The van der Waals surface area contributed by atoms with E-state index in [4.69, 9.17) is 0 Å². The number of likely N-dealkylation sites (tertiary alicyclic amines) is 1. The van der Waals surface area contributed by atoms with Gasteiger partial charge in [-0.3, -0.25) is 10.1 Å². The Morgan fingerprint density at radius 1 is 1.50 bits per heavy atom. The molecule has 2 N–H and O–H groups in total. The topological polar surface area (TPSA) is 86.8 Å². The first-order chi connectivity index (χ1) is 10.5. The van der Waals surface area contributed by atoms with Crippen molar-refractivity contribution >= 4 is 27.6 Å². The van der Waals surface area contributed by atoms with Crippen molar-refractivity contribution in [1.82, 2.24) is 25.1 Å². The van der Waals surface area contributed by atoms with E-state index < -0.39 is 0 Å². The fraction of sp³-hybridized carbons (Fsp3) is 0.429. The van der Waals surface area contributed by atoms with E-state index in [0.29, 0.717) is 13.1 Å². The number of hydrogen-bond acceptors (Lipinski definition) is 4. The Labute approximate surface area is 136 Å². The smallest absolute Gasteiger partial charge is 0.321 e. The van der Waals surface area contributed by atoms with Gasteiger partial charge in [-0.15, -0.1) is 0 Å². The van der Waals surface area contributed by atoms with E-state index in [0.717, 1.165) is 33.9 Å². The third-order valence-corrected chi connectivity index (χ3v) is 4.18. The molecule has 2 amide bonds. The van der Waals surface area contributed by atoms with Crippen LogP contribution >= 0.6 is 15.9 Å². The quantitative estimate of drug-likeness (QED) is 0.857. The van der Waals surface area contributed by atoms with Crippen molar-refractivity contribution in [2.75, 3.05) is 18.4 Å². The van der Waals surface area contributed by atoms with Crippen LogP contribution in [-0.4, -0.2) is 44.2 Å². The van der Waals surface area contributed by atoms with E-state index in [2.05, 4.69) is 41.4 Å². The van der Waals surface area contributed by atoms with Crippen molar-refractivity contribution in [1.29, 1.82) is 0 Å². The predicted octanol–water partition coefficient (Wildman–Crippen LogP) is 2.60. The first-order valence-corrected chi connectivity index (χ1v) is 7.89. The van der Waals surface area contributed by atoms with Gasteiger partial charge in [-0.25, -0.2) is 9.78 Å². The maximum atomic E-state index is 12.4. The van der Waals surface area contributed by atoms with E-state index >= 15 is 0 Å². The van der Waals surface area contributed by atoms with Gasteiger partial charge in [-0.2, -0.15) is 5.10 Å². The molecule has 2 aromatic rings. The minimum absolute atomic E-state index is 0.113. The molecule has 3 heterocycles. The van der Waals surface area contributed by atoms with Crippen molar-refractivity contribution in [3.63, 3.8) is 0 Å². The summed E-state index contributed by atoms with van der Waals surface area (Å²) in [4.78, 5) is 22.7. The van der Waals surface area contributed by atoms with E-state index in [1.54, 1.807) is 11.1 Å². The molecule has 1 aliphatic rings. The number of hydrogen-bond donors (Lipinski definition) is 2. The molecule has 1 aliphatic heterocycles. The molecule has 0 bridgehead atoms. The second kappa shape index (κ2) is 6.04. The van der Waals surface area contributed by atoms with Gasteiger partial charge in [0.25, 0.3) is 0 Å². The predicted molar refractivity (Wildman–Crippen MR) is 85.7 cm³/mol. The molecule has 0 saturated carbocycles. The maximum absolute atomic E-state index is 12.4. The van der Waals surface area contributed by atoms with Crippen LogP contribution in [0.1, 0.15) is 29.7 Å². The maximum Gasteiger partial charge on any atom is 0.321 e. The average molecular weight is 365 g/mol. The van der Waals surface area contributed by atoms with E-state index in [1.165, 1.54) is 0 Å². The van der Waals surface area contributed by atoms with Gasteiger partial charge < -0.3 is 10.2 Å². The lowest BCUT2D eigenvalue weighted by molar-refractivity contribution is 0.222. The van der Waals surface area contributed by atoms with Crippen molar-refractivity contribution in [2.24, 2.45) is 0 Å². The van der Waals surface area contributed by atoms with E-state index in [-0.39, 0.29) is 11.9 Å². The molecule has 3 rings (SSSR count). The summed E-state index contributed by atoms with van der Waals surface area (Å²) in [7, 11) is 0. The highest BCUT2D eigenvalue weighted by atomic mass is 79.9. The van der Waals surface area contributed by atoms with Gasteiger partial charge in [-0.1, -0.05) is 0 Å². The molecule has 0 aromatic carbocycles. The van der Waals surface area contributed by atoms with Crippen LogP contribution in [-0.2, 0) is 0 Å². The van der Waals surface area contributed by atoms with Crippen LogP contribution in [0.3, 0.4) is 0 Å². The van der Waals surface area contributed by atoms with Crippen molar-refractivity contribution in [3.8, 4) is 0 Å². The zero-order valence-corrected chi connectivity index (χ0v) is 14.0. The third-order valence-electron chi connectivity index (χ3n) is 3.75. The molecule has 0 radical (unpaired) electrons. The number of anilines is 1. The highest BCUT2D eigenvalue weighted by Crippen LogP contribution is 2.26. The molecule has 0 aliphatic carbocycles. The fourth-order valence-corrected chi connectivity index (χ4v) is 2.86. The van der Waals surface area contributed by atoms with Gasteiger partial charge in [0.15, 0.2) is 5.82 Å². The first kappa shape index (κ1) is 15.0. The van der Waals surface area contributed by atoms with Gasteiger partial charge in [0.2, 0.25) is 0 Å². The number of carbonyl (C=O) groups is 1. The number of aromatic nitrogens is 4. The minimum atomic E-state index is -0.113. The van der Waals surface area contributed by atoms with Crippen LogP contribution in [0.4, 0.5) is 10.5 Å². The summed E-state index contributed by atoms with van der Waals surface area (Å²) in [5.41, 5.74) is 1.51. The molecule has 8 heteroatoms. The van der Waals surface area contributed by atoms with Crippen molar-refractivity contribution < 1.29 is 4.79 Å². The number of carbonyl (C=O) groups excluding carboxylic acids is 1. The Bertz CT molecular complexity index is 700. The lowest BCUT2D eigenvalue weighted by Crippen LogP contribution is -2.33. The van der Waals surface area contributed by atoms with Gasteiger partial charge in [0.1, 0.15) is 5.82 Å². The van der Waals surface area contributed by atoms with Crippen LogP contribution < -0.4 is 5.32 Å². The number of rotatable bonds is 2. The SMILES string of the molecule is Cc1nc(C2CCN(C(=O)Nc3cc(Br)cnc3C)C2)n[nH]1. The molecule has 1 unspecified atom stereocenters. The molecular formula is C14H17BrN6O. The molecule has 1 saturated heterocycles. The number of pyridine rings is 1. The summed E-state index contributed by atoms with van der Waals surface area (Å²) in [6, 6.07) is 1.74. The van der Waals surface area contributed by atoms with Crippen LogP contribution in [0.2, 0.25) is 0 Å². The van der Waals surface area contributed by atoms with Crippen molar-refractivity contribution in [3.05, 3.63) is 34.1 Å². The number of amides is 2. The summed E-state index contributed by atoms with van der Waals surface area (Å²) >= 11 is 3.36. The largest absolute Gasteiger partial charge is 0.324 e. The average Bonchev–Trinajstić information content (AvgIpc) is 3.11. The number of halogens is 1.